The summed E-state index contributed by atoms with van der Waals surface area (Å²) in [5.41, 5.74) is 3.12. The van der Waals surface area contributed by atoms with Crippen molar-refractivity contribution in [2.75, 3.05) is 0 Å². The summed E-state index contributed by atoms with van der Waals surface area (Å²) < 4.78 is 13.5. The van der Waals surface area contributed by atoms with E-state index in [0.29, 0.717) is 6.04 Å². The molecule has 114 valence electrons. The highest BCUT2D eigenvalue weighted by Gasteiger charge is 2.14. The van der Waals surface area contributed by atoms with Crippen LogP contribution in [0.1, 0.15) is 43.3 Å². The van der Waals surface area contributed by atoms with E-state index in [1.54, 1.807) is 17.4 Å². The summed E-state index contributed by atoms with van der Waals surface area (Å²) in [6.45, 7) is 9.27. The van der Waals surface area contributed by atoms with E-state index >= 15 is 0 Å². The molecule has 0 atom stereocenters. The minimum absolute atomic E-state index is 0.204. The number of halogens is 1. The molecule has 0 aliphatic rings. The molecule has 0 aliphatic heterocycles. The largest absolute Gasteiger partial charge is 0.310 e. The molecule has 1 N–H and O–H groups in total. The van der Waals surface area contributed by atoms with E-state index in [4.69, 9.17) is 4.98 Å². The van der Waals surface area contributed by atoms with Gasteiger partial charge in [-0.15, -0.1) is 11.3 Å². The molecule has 0 bridgehead atoms. The second-order valence-electron chi connectivity index (χ2n) is 5.63. The van der Waals surface area contributed by atoms with Crippen molar-refractivity contribution in [2.45, 2.75) is 53.1 Å². The van der Waals surface area contributed by atoms with Gasteiger partial charge in [-0.3, -0.25) is 0 Å². The van der Waals surface area contributed by atoms with Crippen molar-refractivity contribution >= 4 is 11.3 Å². The Bertz CT molecular complexity index is 605. The fraction of sp³-hybridized carbons (Fsp3) is 0.471. The predicted molar refractivity (Wildman–Crippen MR) is 88.2 cm³/mol. The third-order valence-electron chi connectivity index (χ3n) is 3.37. The number of rotatable bonds is 6. The van der Waals surface area contributed by atoms with E-state index in [-0.39, 0.29) is 5.82 Å². The van der Waals surface area contributed by atoms with Gasteiger partial charge in [-0.2, -0.15) is 0 Å². The molecule has 0 saturated carbocycles. The first-order valence-electron chi connectivity index (χ1n) is 7.49. The predicted octanol–water partition coefficient (Wildman–Crippen LogP) is 4.71. The van der Waals surface area contributed by atoms with Gasteiger partial charge in [0.25, 0.3) is 0 Å². The van der Waals surface area contributed by atoms with Gasteiger partial charge in [-0.05, 0) is 31.0 Å². The molecular weight excluding hydrogens is 283 g/mol. The van der Waals surface area contributed by atoms with Gasteiger partial charge >= 0.3 is 0 Å². The fourth-order valence-corrected chi connectivity index (χ4v) is 3.33. The highest BCUT2D eigenvalue weighted by molar-refractivity contribution is 7.15. The average molecular weight is 306 g/mol. The maximum absolute atomic E-state index is 13.5. The summed E-state index contributed by atoms with van der Waals surface area (Å²) in [7, 11) is 0. The summed E-state index contributed by atoms with van der Waals surface area (Å²) in [5.74, 6) is -0.204. The van der Waals surface area contributed by atoms with E-state index < -0.39 is 0 Å². The molecule has 0 fully saturated rings. The number of hydrogen-bond acceptors (Lipinski definition) is 3. The number of thiazole rings is 1. The zero-order chi connectivity index (χ0) is 15.4. The van der Waals surface area contributed by atoms with E-state index in [9.17, 15) is 4.39 Å². The Morgan fingerprint density at radius 3 is 2.76 bits per heavy atom. The van der Waals surface area contributed by atoms with Crippen molar-refractivity contribution in [2.24, 2.45) is 0 Å². The van der Waals surface area contributed by atoms with Gasteiger partial charge < -0.3 is 5.32 Å². The lowest BCUT2D eigenvalue weighted by Gasteiger charge is -2.07. The van der Waals surface area contributed by atoms with Crippen molar-refractivity contribution in [3.63, 3.8) is 0 Å². The van der Waals surface area contributed by atoms with Gasteiger partial charge in [0.05, 0.1) is 5.69 Å². The standard InChI is InChI=1S/C17H23FN2S/c1-5-6-15-16(10-19-11(2)3)21-17(20-15)14-9-13(18)8-7-12(14)4/h7-9,11,19H,5-6,10H2,1-4H3. The van der Waals surface area contributed by atoms with Crippen LogP contribution in [0, 0.1) is 12.7 Å². The van der Waals surface area contributed by atoms with Crippen LogP contribution in [0.15, 0.2) is 18.2 Å². The lowest BCUT2D eigenvalue weighted by Crippen LogP contribution is -2.21. The summed E-state index contributed by atoms with van der Waals surface area (Å²) >= 11 is 1.68. The van der Waals surface area contributed by atoms with Crippen LogP contribution in [0.3, 0.4) is 0 Å². The average Bonchev–Trinajstić information content (AvgIpc) is 2.83. The first kappa shape index (κ1) is 16.1. The molecule has 2 rings (SSSR count). The highest BCUT2D eigenvalue weighted by Crippen LogP contribution is 2.31. The Balaban J connectivity index is 2.35. The van der Waals surface area contributed by atoms with Crippen LogP contribution in [-0.4, -0.2) is 11.0 Å². The number of hydrogen-bond donors (Lipinski definition) is 1. The quantitative estimate of drug-likeness (QED) is 0.836. The lowest BCUT2D eigenvalue weighted by atomic mass is 10.1. The number of nitrogens with zero attached hydrogens (tertiary/aromatic N) is 1. The molecule has 4 heteroatoms. The lowest BCUT2D eigenvalue weighted by molar-refractivity contribution is 0.589. The third-order valence-corrected chi connectivity index (χ3v) is 4.50. The van der Waals surface area contributed by atoms with Gasteiger partial charge in [-0.1, -0.05) is 33.3 Å². The van der Waals surface area contributed by atoms with Crippen molar-refractivity contribution in [1.82, 2.24) is 10.3 Å². The highest BCUT2D eigenvalue weighted by atomic mass is 32.1. The van der Waals surface area contributed by atoms with Crippen molar-refractivity contribution in [3.8, 4) is 10.6 Å². The Labute approximate surface area is 130 Å². The van der Waals surface area contributed by atoms with Gasteiger partial charge in [0, 0.05) is 23.0 Å². The third kappa shape index (κ3) is 4.11. The molecule has 2 nitrogen and oxygen atoms in total. The fourth-order valence-electron chi connectivity index (χ4n) is 2.19. The normalized spacial score (nSPS) is 11.3. The van der Waals surface area contributed by atoms with Gasteiger partial charge in [-0.25, -0.2) is 9.37 Å². The van der Waals surface area contributed by atoms with Crippen LogP contribution in [0.25, 0.3) is 10.6 Å². The van der Waals surface area contributed by atoms with E-state index in [1.165, 1.54) is 10.9 Å². The van der Waals surface area contributed by atoms with Crippen LogP contribution >= 0.6 is 11.3 Å². The number of nitrogens with one attached hydrogen (secondary N) is 1. The van der Waals surface area contributed by atoms with Gasteiger partial charge in [0.15, 0.2) is 0 Å². The molecule has 21 heavy (non-hydrogen) atoms. The second kappa shape index (κ2) is 7.14. The smallest absolute Gasteiger partial charge is 0.124 e. The van der Waals surface area contributed by atoms with Crippen LogP contribution in [0.2, 0.25) is 0 Å². The maximum Gasteiger partial charge on any atom is 0.124 e. The van der Waals surface area contributed by atoms with Gasteiger partial charge in [0.2, 0.25) is 0 Å². The topological polar surface area (TPSA) is 24.9 Å². The molecule has 2 aromatic rings. The summed E-state index contributed by atoms with van der Waals surface area (Å²) in [5, 5.41) is 4.37. The van der Waals surface area contributed by atoms with E-state index in [2.05, 4.69) is 26.1 Å². The van der Waals surface area contributed by atoms with Crippen LogP contribution in [-0.2, 0) is 13.0 Å². The van der Waals surface area contributed by atoms with E-state index in [1.807, 2.05) is 13.0 Å². The molecule has 0 saturated heterocycles. The molecule has 0 unspecified atom stereocenters. The first-order valence-corrected chi connectivity index (χ1v) is 8.31. The summed E-state index contributed by atoms with van der Waals surface area (Å²) in [6, 6.07) is 5.35. The van der Waals surface area contributed by atoms with Crippen LogP contribution < -0.4 is 5.32 Å². The first-order chi connectivity index (χ1) is 10.0. The van der Waals surface area contributed by atoms with Gasteiger partial charge in [0.1, 0.15) is 10.8 Å². The molecule has 0 amide bonds. The Hall–Kier alpha value is -1.26. The molecule has 1 aromatic carbocycles. The molecular formula is C17H23FN2S. The van der Waals surface area contributed by atoms with Crippen molar-refractivity contribution < 1.29 is 4.39 Å². The number of aromatic nitrogens is 1. The summed E-state index contributed by atoms with van der Waals surface area (Å²) in [6.07, 6.45) is 2.04. The maximum atomic E-state index is 13.5. The molecule has 1 heterocycles. The molecule has 0 spiro atoms. The minimum Gasteiger partial charge on any atom is -0.310 e. The Morgan fingerprint density at radius 2 is 2.10 bits per heavy atom. The monoisotopic (exact) mass is 306 g/mol. The zero-order valence-electron chi connectivity index (χ0n) is 13.2. The Kier molecular flexibility index (Phi) is 5.48. The number of aryl methyl sites for hydroxylation is 2. The molecule has 0 radical (unpaired) electrons. The van der Waals surface area contributed by atoms with Crippen molar-refractivity contribution in [1.29, 1.82) is 0 Å². The van der Waals surface area contributed by atoms with Crippen molar-refractivity contribution in [3.05, 3.63) is 40.2 Å². The number of benzene rings is 1. The van der Waals surface area contributed by atoms with Crippen LogP contribution in [0.5, 0.6) is 0 Å². The minimum atomic E-state index is -0.204. The zero-order valence-corrected chi connectivity index (χ0v) is 14.0. The molecule has 0 aliphatic carbocycles. The SMILES string of the molecule is CCCc1nc(-c2cc(F)ccc2C)sc1CNC(C)C. The van der Waals surface area contributed by atoms with Crippen LogP contribution in [0.4, 0.5) is 4.39 Å². The molecule has 1 aromatic heterocycles. The second-order valence-corrected chi connectivity index (χ2v) is 6.72. The Morgan fingerprint density at radius 1 is 1.33 bits per heavy atom. The van der Waals surface area contributed by atoms with E-state index in [0.717, 1.165) is 41.2 Å². The summed E-state index contributed by atoms with van der Waals surface area (Å²) in [4.78, 5) is 6.03.